The van der Waals surface area contributed by atoms with Crippen LogP contribution in [0.2, 0.25) is 0 Å². The SMILES string of the molecule is O=C(c1cc(F)cc2cccnc12)N1CCNCC1. The Morgan fingerprint density at radius 3 is 2.89 bits per heavy atom. The summed E-state index contributed by atoms with van der Waals surface area (Å²) in [6, 6.07) is 6.18. The highest BCUT2D eigenvalue weighted by Crippen LogP contribution is 2.20. The van der Waals surface area contributed by atoms with Crippen molar-refractivity contribution in [2.75, 3.05) is 26.2 Å². The number of rotatable bonds is 1. The van der Waals surface area contributed by atoms with Crippen LogP contribution in [-0.2, 0) is 0 Å². The van der Waals surface area contributed by atoms with Crippen LogP contribution >= 0.6 is 0 Å². The summed E-state index contributed by atoms with van der Waals surface area (Å²) < 4.78 is 13.6. The Labute approximate surface area is 110 Å². The zero-order valence-corrected chi connectivity index (χ0v) is 10.4. The molecular weight excluding hydrogens is 245 g/mol. The number of benzene rings is 1. The van der Waals surface area contributed by atoms with Gasteiger partial charge in [-0.2, -0.15) is 0 Å². The van der Waals surface area contributed by atoms with Crippen LogP contribution in [0, 0.1) is 5.82 Å². The Morgan fingerprint density at radius 1 is 1.32 bits per heavy atom. The fraction of sp³-hybridized carbons (Fsp3) is 0.286. The number of carbonyl (C=O) groups is 1. The van der Waals surface area contributed by atoms with Crippen LogP contribution in [0.3, 0.4) is 0 Å². The number of fused-ring (bicyclic) bond motifs is 1. The van der Waals surface area contributed by atoms with Crippen LogP contribution in [0.4, 0.5) is 4.39 Å². The van der Waals surface area contributed by atoms with Crippen molar-refractivity contribution >= 4 is 16.8 Å². The standard InChI is InChI=1S/C14H14FN3O/c15-11-8-10-2-1-3-17-13(10)12(9-11)14(19)18-6-4-16-5-7-18/h1-3,8-9,16H,4-7H2. The van der Waals surface area contributed by atoms with E-state index in [2.05, 4.69) is 10.3 Å². The molecule has 1 aliphatic heterocycles. The highest BCUT2D eigenvalue weighted by Gasteiger charge is 2.21. The molecule has 98 valence electrons. The van der Waals surface area contributed by atoms with Crippen molar-refractivity contribution in [3.8, 4) is 0 Å². The van der Waals surface area contributed by atoms with Crippen molar-refractivity contribution in [3.63, 3.8) is 0 Å². The van der Waals surface area contributed by atoms with Gasteiger partial charge < -0.3 is 10.2 Å². The number of pyridine rings is 1. The lowest BCUT2D eigenvalue weighted by Gasteiger charge is -2.27. The van der Waals surface area contributed by atoms with E-state index in [1.165, 1.54) is 12.1 Å². The number of amides is 1. The number of halogens is 1. The number of hydrogen-bond donors (Lipinski definition) is 1. The molecule has 1 aromatic heterocycles. The molecule has 0 bridgehead atoms. The molecule has 0 unspecified atom stereocenters. The number of nitrogens with zero attached hydrogens (tertiary/aromatic N) is 2. The first kappa shape index (κ1) is 12.0. The summed E-state index contributed by atoms with van der Waals surface area (Å²) in [5.41, 5.74) is 0.907. The van der Waals surface area contributed by atoms with E-state index < -0.39 is 5.82 Å². The average Bonchev–Trinajstić information content (AvgIpc) is 2.46. The molecule has 0 spiro atoms. The van der Waals surface area contributed by atoms with Crippen LogP contribution in [0.1, 0.15) is 10.4 Å². The van der Waals surface area contributed by atoms with Gasteiger partial charge in [0, 0.05) is 37.8 Å². The molecule has 0 atom stereocenters. The van der Waals surface area contributed by atoms with E-state index in [1.54, 1.807) is 23.2 Å². The number of carbonyl (C=O) groups excluding carboxylic acids is 1. The summed E-state index contributed by atoms with van der Waals surface area (Å²) in [4.78, 5) is 18.4. The maximum atomic E-state index is 13.6. The second kappa shape index (κ2) is 4.93. The number of piperazine rings is 1. The van der Waals surface area contributed by atoms with Gasteiger partial charge in [-0.1, -0.05) is 6.07 Å². The Kier molecular flexibility index (Phi) is 3.13. The molecule has 1 aliphatic rings. The maximum absolute atomic E-state index is 13.6. The van der Waals surface area contributed by atoms with Gasteiger partial charge in [0.15, 0.2) is 0 Å². The van der Waals surface area contributed by atoms with E-state index in [9.17, 15) is 9.18 Å². The van der Waals surface area contributed by atoms with E-state index in [-0.39, 0.29) is 5.91 Å². The number of hydrogen-bond acceptors (Lipinski definition) is 3. The fourth-order valence-electron chi connectivity index (χ4n) is 2.36. The molecule has 3 rings (SSSR count). The monoisotopic (exact) mass is 259 g/mol. The molecule has 2 heterocycles. The Bertz CT molecular complexity index is 623. The lowest BCUT2D eigenvalue weighted by Crippen LogP contribution is -2.46. The average molecular weight is 259 g/mol. The fourth-order valence-corrected chi connectivity index (χ4v) is 2.36. The van der Waals surface area contributed by atoms with E-state index in [0.29, 0.717) is 29.6 Å². The van der Waals surface area contributed by atoms with Gasteiger partial charge in [0.1, 0.15) is 5.82 Å². The lowest BCUT2D eigenvalue weighted by atomic mass is 10.1. The molecular formula is C14H14FN3O. The van der Waals surface area contributed by atoms with Gasteiger partial charge in [0.05, 0.1) is 11.1 Å². The first-order valence-electron chi connectivity index (χ1n) is 6.30. The van der Waals surface area contributed by atoms with Gasteiger partial charge in [-0.3, -0.25) is 9.78 Å². The Hall–Kier alpha value is -2.01. The van der Waals surface area contributed by atoms with Crippen molar-refractivity contribution in [1.29, 1.82) is 0 Å². The predicted octanol–water partition coefficient (Wildman–Crippen LogP) is 1.42. The molecule has 1 N–H and O–H groups in total. The van der Waals surface area contributed by atoms with Gasteiger partial charge >= 0.3 is 0 Å². The molecule has 4 nitrogen and oxygen atoms in total. The maximum Gasteiger partial charge on any atom is 0.256 e. The minimum atomic E-state index is -0.404. The molecule has 0 radical (unpaired) electrons. The summed E-state index contributed by atoms with van der Waals surface area (Å²) in [6.45, 7) is 2.83. The van der Waals surface area contributed by atoms with Crippen LogP contribution in [0.15, 0.2) is 30.5 Å². The van der Waals surface area contributed by atoms with Gasteiger partial charge in [-0.15, -0.1) is 0 Å². The molecule has 1 saturated heterocycles. The largest absolute Gasteiger partial charge is 0.336 e. The molecule has 19 heavy (non-hydrogen) atoms. The normalized spacial score (nSPS) is 15.7. The second-order valence-corrected chi connectivity index (χ2v) is 4.57. The Balaban J connectivity index is 2.05. The van der Waals surface area contributed by atoms with Crippen LogP contribution < -0.4 is 5.32 Å². The second-order valence-electron chi connectivity index (χ2n) is 4.57. The van der Waals surface area contributed by atoms with Gasteiger partial charge in [0.2, 0.25) is 0 Å². The topological polar surface area (TPSA) is 45.2 Å². The Morgan fingerprint density at radius 2 is 2.11 bits per heavy atom. The molecule has 1 aromatic carbocycles. The molecule has 5 heteroatoms. The van der Waals surface area contributed by atoms with E-state index >= 15 is 0 Å². The van der Waals surface area contributed by atoms with E-state index in [0.717, 1.165) is 13.1 Å². The van der Waals surface area contributed by atoms with Crippen LogP contribution in [0.25, 0.3) is 10.9 Å². The highest BCUT2D eigenvalue weighted by atomic mass is 19.1. The zero-order chi connectivity index (χ0) is 13.2. The predicted molar refractivity (Wildman–Crippen MR) is 70.5 cm³/mol. The van der Waals surface area contributed by atoms with Gasteiger partial charge in [-0.05, 0) is 18.2 Å². The summed E-state index contributed by atoms with van der Waals surface area (Å²) >= 11 is 0. The summed E-state index contributed by atoms with van der Waals surface area (Å²) in [7, 11) is 0. The quantitative estimate of drug-likeness (QED) is 0.842. The third-order valence-electron chi connectivity index (χ3n) is 3.30. The number of aromatic nitrogens is 1. The third-order valence-corrected chi connectivity index (χ3v) is 3.30. The number of nitrogens with one attached hydrogen (secondary N) is 1. The van der Waals surface area contributed by atoms with Gasteiger partial charge in [0.25, 0.3) is 5.91 Å². The first-order chi connectivity index (χ1) is 9.25. The molecule has 0 saturated carbocycles. The summed E-state index contributed by atoms with van der Waals surface area (Å²) in [5.74, 6) is -0.552. The van der Waals surface area contributed by atoms with Crippen molar-refractivity contribution in [2.45, 2.75) is 0 Å². The zero-order valence-electron chi connectivity index (χ0n) is 10.4. The van der Waals surface area contributed by atoms with Crippen molar-refractivity contribution in [1.82, 2.24) is 15.2 Å². The first-order valence-corrected chi connectivity index (χ1v) is 6.30. The lowest BCUT2D eigenvalue weighted by molar-refractivity contribution is 0.0737. The molecule has 0 aliphatic carbocycles. The van der Waals surface area contributed by atoms with Crippen molar-refractivity contribution < 1.29 is 9.18 Å². The van der Waals surface area contributed by atoms with E-state index in [4.69, 9.17) is 0 Å². The smallest absolute Gasteiger partial charge is 0.256 e. The summed E-state index contributed by atoms with van der Waals surface area (Å²) in [5, 5.41) is 3.84. The summed E-state index contributed by atoms with van der Waals surface area (Å²) in [6.07, 6.45) is 1.62. The van der Waals surface area contributed by atoms with E-state index in [1.807, 2.05) is 0 Å². The van der Waals surface area contributed by atoms with Crippen LogP contribution in [0.5, 0.6) is 0 Å². The third kappa shape index (κ3) is 2.29. The minimum absolute atomic E-state index is 0.148. The highest BCUT2D eigenvalue weighted by molar-refractivity contribution is 6.05. The molecule has 1 amide bonds. The minimum Gasteiger partial charge on any atom is -0.336 e. The van der Waals surface area contributed by atoms with Crippen LogP contribution in [-0.4, -0.2) is 42.0 Å². The van der Waals surface area contributed by atoms with Crippen molar-refractivity contribution in [3.05, 3.63) is 41.8 Å². The van der Waals surface area contributed by atoms with Crippen molar-refractivity contribution in [2.24, 2.45) is 0 Å². The molecule has 2 aromatic rings. The van der Waals surface area contributed by atoms with Gasteiger partial charge in [-0.25, -0.2) is 4.39 Å². The molecule has 1 fully saturated rings.